The van der Waals surface area contributed by atoms with Crippen molar-refractivity contribution in [3.8, 4) is 5.75 Å². The molecule has 170 valence electrons. The second kappa shape index (κ2) is 11.7. The lowest BCUT2D eigenvalue weighted by atomic mass is 9.79. The first kappa shape index (κ1) is 23.1. The molecule has 7 heteroatoms. The van der Waals surface area contributed by atoms with E-state index in [9.17, 15) is 14.4 Å². The number of benzene rings is 1. The molecule has 1 N–H and O–H groups in total. The molecule has 2 atom stereocenters. The van der Waals surface area contributed by atoms with Crippen LogP contribution in [0.4, 0.5) is 0 Å². The fourth-order valence-corrected chi connectivity index (χ4v) is 4.75. The number of hydrogen-bond acceptors (Lipinski definition) is 5. The van der Waals surface area contributed by atoms with E-state index in [2.05, 4.69) is 5.32 Å². The van der Waals surface area contributed by atoms with Crippen molar-refractivity contribution in [2.24, 2.45) is 11.8 Å². The smallest absolute Gasteiger partial charge is 0.328 e. The largest absolute Gasteiger partial charge is 0.494 e. The van der Waals surface area contributed by atoms with Crippen LogP contribution in [0.15, 0.2) is 30.3 Å². The third kappa shape index (κ3) is 6.71. The minimum Gasteiger partial charge on any atom is -0.494 e. The van der Waals surface area contributed by atoms with Gasteiger partial charge in [0, 0.05) is 13.0 Å². The summed E-state index contributed by atoms with van der Waals surface area (Å²) in [6.45, 7) is 0.915. The van der Waals surface area contributed by atoms with Gasteiger partial charge in [0.15, 0.2) is 0 Å². The average Bonchev–Trinajstić information content (AvgIpc) is 3.27. The highest BCUT2D eigenvalue weighted by atomic mass is 16.5. The molecule has 0 radical (unpaired) electrons. The van der Waals surface area contributed by atoms with Gasteiger partial charge in [-0.15, -0.1) is 0 Å². The van der Waals surface area contributed by atoms with Gasteiger partial charge in [-0.05, 0) is 36.8 Å². The summed E-state index contributed by atoms with van der Waals surface area (Å²) in [6, 6.07) is 8.90. The zero-order chi connectivity index (χ0) is 22.1. The van der Waals surface area contributed by atoms with Crippen molar-refractivity contribution in [3.63, 3.8) is 0 Å². The van der Waals surface area contributed by atoms with Crippen molar-refractivity contribution in [1.29, 1.82) is 0 Å². The summed E-state index contributed by atoms with van der Waals surface area (Å²) in [5.74, 6) is 0.895. The third-order valence-electron chi connectivity index (χ3n) is 6.44. The predicted octanol–water partition coefficient (Wildman–Crippen LogP) is 2.93. The van der Waals surface area contributed by atoms with Gasteiger partial charge in [-0.1, -0.05) is 50.3 Å². The van der Waals surface area contributed by atoms with Crippen LogP contribution in [-0.4, -0.2) is 55.5 Å². The standard InChI is InChI=1S/C24H34N2O5/c1-30-24(29)21-15-19(18-9-4-2-5-10-18)17-26(21)23(28)16-25-22(27)13-8-14-31-20-11-6-3-7-12-20/h3,6-7,11-12,18-19,21H,2,4-5,8-10,13-17H2,1H3,(H,25,27)/t19-,21-/m0/s1. The Kier molecular flexibility index (Phi) is 8.74. The number of methoxy groups -OCH3 is 1. The van der Waals surface area contributed by atoms with Gasteiger partial charge in [0.1, 0.15) is 11.8 Å². The lowest BCUT2D eigenvalue weighted by molar-refractivity contribution is -0.150. The molecule has 1 aliphatic heterocycles. The lowest BCUT2D eigenvalue weighted by Gasteiger charge is -2.27. The van der Waals surface area contributed by atoms with Crippen LogP contribution in [0.25, 0.3) is 0 Å². The number of rotatable bonds is 9. The van der Waals surface area contributed by atoms with Crippen LogP contribution in [0.2, 0.25) is 0 Å². The van der Waals surface area contributed by atoms with E-state index in [1.807, 2.05) is 30.3 Å². The highest BCUT2D eigenvalue weighted by Gasteiger charge is 2.42. The fourth-order valence-electron chi connectivity index (χ4n) is 4.75. The maximum absolute atomic E-state index is 12.8. The number of likely N-dealkylation sites (tertiary alicyclic amines) is 1. The first-order valence-corrected chi connectivity index (χ1v) is 11.4. The van der Waals surface area contributed by atoms with Gasteiger partial charge < -0.3 is 19.7 Å². The van der Waals surface area contributed by atoms with E-state index < -0.39 is 6.04 Å². The van der Waals surface area contributed by atoms with E-state index in [1.165, 1.54) is 39.2 Å². The van der Waals surface area contributed by atoms with Crippen molar-refractivity contribution in [1.82, 2.24) is 10.2 Å². The first-order chi connectivity index (χ1) is 15.1. The summed E-state index contributed by atoms with van der Waals surface area (Å²) < 4.78 is 10.5. The molecule has 1 saturated heterocycles. The van der Waals surface area contributed by atoms with Gasteiger partial charge >= 0.3 is 5.97 Å². The van der Waals surface area contributed by atoms with E-state index in [0.717, 1.165) is 5.75 Å². The summed E-state index contributed by atoms with van der Waals surface area (Å²) in [7, 11) is 1.36. The summed E-state index contributed by atoms with van der Waals surface area (Å²) in [4.78, 5) is 38.8. The van der Waals surface area contributed by atoms with E-state index in [0.29, 0.717) is 37.8 Å². The minimum absolute atomic E-state index is 0.0940. The number of esters is 1. The topological polar surface area (TPSA) is 84.9 Å². The Morgan fingerprint density at radius 1 is 1.06 bits per heavy atom. The average molecular weight is 431 g/mol. The van der Waals surface area contributed by atoms with Crippen LogP contribution in [-0.2, 0) is 19.1 Å². The molecule has 1 aromatic rings. The number of nitrogens with one attached hydrogen (secondary N) is 1. The van der Waals surface area contributed by atoms with Gasteiger partial charge in [0.25, 0.3) is 0 Å². The summed E-state index contributed by atoms with van der Waals surface area (Å²) in [6.07, 6.45) is 7.57. The van der Waals surface area contributed by atoms with Gasteiger partial charge in [-0.3, -0.25) is 9.59 Å². The quantitative estimate of drug-likeness (QED) is 0.481. The number of ether oxygens (including phenoxy) is 2. The van der Waals surface area contributed by atoms with Crippen molar-refractivity contribution < 1.29 is 23.9 Å². The van der Waals surface area contributed by atoms with Crippen molar-refractivity contribution >= 4 is 17.8 Å². The SMILES string of the molecule is COC(=O)[C@@H]1C[C@H](C2CCCCC2)CN1C(=O)CNC(=O)CCCOc1ccccc1. The summed E-state index contributed by atoms with van der Waals surface area (Å²) in [5, 5.41) is 2.69. The normalized spacial score (nSPS) is 21.5. The van der Waals surface area contributed by atoms with Crippen LogP contribution >= 0.6 is 0 Å². The molecule has 0 unspecified atom stereocenters. The second-order valence-corrected chi connectivity index (χ2v) is 8.52. The Morgan fingerprint density at radius 2 is 1.81 bits per heavy atom. The molecule has 31 heavy (non-hydrogen) atoms. The van der Waals surface area contributed by atoms with Crippen LogP contribution in [0.5, 0.6) is 5.75 Å². The maximum atomic E-state index is 12.8. The van der Waals surface area contributed by atoms with Crippen LogP contribution in [0.1, 0.15) is 51.4 Å². The zero-order valence-electron chi connectivity index (χ0n) is 18.4. The molecule has 3 rings (SSSR count). The van der Waals surface area contributed by atoms with Crippen LogP contribution < -0.4 is 10.1 Å². The molecule has 1 aromatic carbocycles. The summed E-state index contributed by atoms with van der Waals surface area (Å²) in [5.41, 5.74) is 0. The number of hydrogen-bond donors (Lipinski definition) is 1. The highest BCUT2D eigenvalue weighted by molar-refractivity contribution is 5.88. The fraction of sp³-hybridized carbons (Fsp3) is 0.625. The number of carbonyl (C=O) groups excluding carboxylic acids is 3. The predicted molar refractivity (Wildman–Crippen MR) is 116 cm³/mol. The molecule has 1 saturated carbocycles. The Hall–Kier alpha value is -2.57. The molecular weight excluding hydrogens is 396 g/mol. The van der Waals surface area contributed by atoms with Crippen LogP contribution in [0, 0.1) is 11.8 Å². The van der Waals surface area contributed by atoms with Crippen molar-refractivity contribution in [3.05, 3.63) is 30.3 Å². The van der Waals surface area contributed by atoms with E-state index in [1.54, 1.807) is 4.90 Å². The van der Waals surface area contributed by atoms with Gasteiger partial charge in [-0.25, -0.2) is 4.79 Å². The Morgan fingerprint density at radius 3 is 2.52 bits per heavy atom. The minimum atomic E-state index is -0.541. The van der Waals surface area contributed by atoms with E-state index in [-0.39, 0.29) is 30.7 Å². The second-order valence-electron chi connectivity index (χ2n) is 8.52. The Balaban J connectivity index is 1.42. The molecule has 2 amide bonds. The first-order valence-electron chi connectivity index (χ1n) is 11.4. The van der Waals surface area contributed by atoms with E-state index >= 15 is 0 Å². The molecule has 2 fully saturated rings. The van der Waals surface area contributed by atoms with Gasteiger partial charge in [0.05, 0.1) is 20.3 Å². The number of nitrogens with zero attached hydrogens (tertiary/aromatic N) is 1. The zero-order valence-corrected chi connectivity index (χ0v) is 18.4. The number of carbonyl (C=O) groups is 3. The molecule has 0 bridgehead atoms. The van der Waals surface area contributed by atoms with Crippen molar-refractivity contribution in [2.45, 2.75) is 57.4 Å². The molecule has 1 heterocycles. The number of para-hydroxylation sites is 1. The molecule has 0 spiro atoms. The highest BCUT2D eigenvalue weighted by Crippen LogP contribution is 2.37. The molecular formula is C24H34N2O5. The number of amides is 2. The lowest BCUT2D eigenvalue weighted by Crippen LogP contribution is -2.46. The molecule has 1 aliphatic carbocycles. The maximum Gasteiger partial charge on any atom is 0.328 e. The van der Waals surface area contributed by atoms with Gasteiger partial charge in [-0.2, -0.15) is 0 Å². The Bertz CT molecular complexity index is 733. The Labute approximate surface area is 184 Å². The molecule has 2 aliphatic rings. The monoisotopic (exact) mass is 430 g/mol. The summed E-state index contributed by atoms with van der Waals surface area (Å²) >= 11 is 0. The molecule has 0 aromatic heterocycles. The third-order valence-corrected chi connectivity index (χ3v) is 6.44. The van der Waals surface area contributed by atoms with Crippen molar-refractivity contribution in [2.75, 3.05) is 26.8 Å². The van der Waals surface area contributed by atoms with Crippen LogP contribution in [0.3, 0.4) is 0 Å². The van der Waals surface area contributed by atoms with E-state index in [4.69, 9.17) is 9.47 Å². The van der Waals surface area contributed by atoms with Gasteiger partial charge in [0.2, 0.25) is 11.8 Å². The molecule has 7 nitrogen and oxygen atoms in total.